The van der Waals surface area contributed by atoms with Crippen LogP contribution in [0.5, 0.6) is 5.88 Å². The lowest BCUT2D eigenvalue weighted by molar-refractivity contribution is -0.124. The van der Waals surface area contributed by atoms with E-state index < -0.39 is 6.09 Å². The topological polar surface area (TPSA) is 120 Å². The molecular weight excluding hydrogens is 558 g/mol. The van der Waals surface area contributed by atoms with Gasteiger partial charge < -0.3 is 19.2 Å². The van der Waals surface area contributed by atoms with Gasteiger partial charge in [0, 0.05) is 48.9 Å². The Morgan fingerprint density at radius 2 is 1.75 bits per heavy atom. The fourth-order valence-electron chi connectivity index (χ4n) is 6.78. The summed E-state index contributed by atoms with van der Waals surface area (Å²) in [4.78, 5) is 41.8. The van der Waals surface area contributed by atoms with Crippen molar-refractivity contribution in [2.45, 2.75) is 89.1 Å². The molecule has 234 valence electrons. The van der Waals surface area contributed by atoms with Crippen molar-refractivity contribution in [3.63, 3.8) is 0 Å². The third-order valence-electron chi connectivity index (χ3n) is 9.54. The minimum absolute atomic E-state index is 0.101. The van der Waals surface area contributed by atoms with Gasteiger partial charge in [-0.05, 0) is 107 Å². The second-order valence-electron chi connectivity index (χ2n) is 12.6. The van der Waals surface area contributed by atoms with Gasteiger partial charge in [-0.3, -0.25) is 9.69 Å². The maximum absolute atomic E-state index is 14.2. The fourth-order valence-corrected chi connectivity index (χ4v) is 6.78. The summed E-state index contributed by atoms with van der Waals surface area (Å²) in [6, 6.07) is 6.10. The van der Waals surface area contributed by atoms with Crippen LogP contribution in [0.1, 0.15) is 93.1 Å². The molecule has 3 aliphatic rings. The van der Waals surface area contributed by atoms with E-state index in [1.54, 1.807) is 26.6 Å². The number of ether oxygens (including phenoxy) is 2. The number of methoxy groups -OCH3 is 1. The fraction of sp³-hybridized carbons (Fsp3) is 0.559. The van der Waals surface area contributed by atoms with E-state index in [1.807, 2.05) is 30.2 Å². The van der Waals surface area contributed by atoms with Gasteiger partial charge in [0.05, 0.1) is 7.11 Å². The molecule has 0 radical (unpaired) electrons. The summed E-state index contributed by atoms with van der Waals surface area (Å²) < 4.78 is 16.6. The Balaban J connectivity index is 1.17. The van der Waals surface area contributed by atoms with E-state index >= 15 is 0 Å². The highest BCUT2D eigenvalue weighted by Gasteiger charge is 2.34. The van der Waals surface area contributed by atoms with Gasteiger partial charge in [-0.25, -0.2) is 19.7 Å². The zero-order chi connectivity index (χ0) is 30.6. The van der Waals surface area contributed by atoms with E-state index in [0.717, 1.165) is 61.2 Å². The highest BCUT2D eigenvalue weighted by molar-refractivity contribution is 5.94. The highest BCUT2D eigenvalue weighted by Crippen LogP contribution is 2.41. The lowest BCUT2D eigenvalue weighted by Gasteiger charge is -2.35. The molecule has 0 saturated heterocycles. The summed E-state index contributed by atoms with van der Waals surface area (Å²) in [6.45, 7) is 2.66. The van der Waals surface area contributed by atoms with Gasteiger partial charge in [-0.15, -0.1) is 0 Å². The highest BCUT2D eigenvalue weighted by atomic mass is 16.6. The first-order chi connectivity index (χ1) is 21.4. The molecule has 0 spiro atoms. The van der Waals surface area contributed by atoms with Crippen molar-refractivity contribution in [3.8, 4) is 17.1 Å². The Morgan fingerprint density at radius 3 is 2.43 bits per heavy atom. The average Bonchev–Trinajstić information content (AvgIpc) is 3.79. The number of carbonyl (C=O) groups is 2. The standard InChI is InChI=1S/C34H43N5O5/c1-21-16-27(18-37-31(21)42-3)23-6-4-22(5-7-23)19-39(33(40)25-10-12-28(13-11-25)44-34(41)35-2)30-17-26(14-15-36-30)29-20-43-32(38-29)24-8-9-24/h14-18,20,22-25,28H,4-13,19H2,1-3H3,(H,35,41). The average molecular weight is 602 g/mol. The van der Waals surface area contributed by atoms with Crippen LogP contribution >= 0.6 is 0 Å². The molecule has 0 aromatic carbocycles. The molecule has 0 bridgehead atoms. The van der Waals surface area contributed by atoms with Crippen LogP contribution in [0.15, 0.2) is 41.3 Å². The van der Waals surface area contributed by atoms with E-state index in [-0.39, 0.29) is 17.9 Å². The van der Waals surface area contributed by atoms with Gasteiger partial charge in [-0.2, -0.15) is 0 Å². The summed E-state index contributed by atoms with van der Waals surface area (Å²) in [5.41, 5.74) is 4.00. The monoisotopic (exact) mass is 601 g/mol. The Bertz CT molecular complexity index is 1450. The molecule has 44 heavy (non-hydrogen) atoms. The molecule has 6 rings (SSSR count). The third kappa shape index (κ3) is 6.89. The Hall–Kier alpha value is -3.95. The van der Waals surface area contributed by atoms with Crippen molar-refractivity contribution in [2.75, 3.05) is 25.6 Å². The predicted octanol–water partition coefficient (Wildman–Crippen LogP) is 6.55. The number of rotatable bonds is 9. The van der Waals surface area contributed by atoms with Crippen molar-refractivity contribution < 1.29 is 23.5 Å². The van der Waals surface area contributed by atoms with E-state index in [9.17, 15) is 9.59 Å². The summed E-state index contributed by atoms with van der Waals surface area (Å²) in [6.07, 6.45) is 14.0. The van der Waals surface area contributed by atoms with Crippen LogP contribution in [0, 0.1) is 18.8 Å². The maximum Gasteiger partial charge on any atom is 0.407 e. The summed E-state index contributed by atoms with van der Waals surface area (Å²) in [5.74, 6) is 3.35. The number of pyridine rings is 2. The first kappa shape index (κ1) is 30.1. The summed E-state index contributed by atoms with van der Waals surface area (Å²) >= 11 is 0. The number of nitrogens with zero attached hydrogens (tertiary/aromatic N) is 4. The van der Waals surface area contributed by atoms with Crippen molar-refractivity contribution in [1.29, 1.82) is 0 Å². The predicted molar refractivity (Wildman–Crippen MR) is 166 cm³/mol. The smallest absolute Gasteiger partial charge is 0.407 e. The van der Waals surface area contributed by atoms with Crippen LogP contribution in [0.25, 0.3) is 11.3 Å². The Morgan fingerprint density at radius 1 is 1.00 bits per heavy atom. The molecule has 0 unspecified atom stereocenters. The van der Waals surface area contributed by atoms with Crippen molar-refractivity contribution in [1.82, 2.24) is 20.3 Å². The van der Waals surface area contributed by atoms with E-state index in [0.29, 0.717) is 61.7 Å². The number of carbonyl (C=O) groups excluding carboxylic acids is 2. The van der Waals surface area contributed by atoms with E-state index in [1.165, 1.54) is 5.56 Å². The molecule has 10 heteroatoms. The minimum Gasteiger partial charge on any atom is -0.481 e. The lowest BCUT2D eigenvalue weighted by Crippen LogP contribution is -2.42. The number of aromatic nitrogens is 3. The summed E-state index contributed by atoms with van der Waals surface area (Å²) in [7, 11) is 3.21. The van der Waals surface area contributed by atoms with Crippen molar-refractivity contribution in [2.24, 2.45) is 11.8 Å². The molecule has 0 aliphatic heterocycles. The molecule has 3 heterocycles. The molecule has 0 atom stereocenters. The van der Waals surface area contributed by atoms with Crippen LogP contribution < -0.4 is 15.0 Å². The van der Waals surface area contributed by atoms with Crippen molar-refractivity contribution in [3.05, 3.63) is 53.9 Å². The molecule has 3 aromatic heterocycles. The van der Waals surface area contributed by atoms with Gasteiger partial charge in [0.25, 0.3) is 0 Å². The first-order valence-electron chi connectivity index (χ1n) is 16.0. The second kappa shape index (κ2) is 13.4. The molecule has 3 fully saturated rings. The molecule has 3 saturated carbocycles. The third-order valence-corrected chi connectivity index (χ3v) is 9.54. The number of hydrogen-bond acceptors (Lipinski definition) is 8. The van der Waals surface area contributed by atoms with Crippen molar-refractivity contribution >= 4 is 17.8 Å². The zero-order valence-electron chi connectivity index (χ0n) is 26.0. The number of nitrogens with one attached hydrogen (secondary N) is 1. The number of alkyl carbamates (subject to hydrolysis) is 1. The van der Waals surface area contributed by atoms with E-state index in [4.69, 9.17) is 23.9 Å². The molecule has 3 aromatic rings. The van der Waals surface area contributed by atoms with Gasteiger partial charge in [0.1, 0.15) is 23.9 Å². The van der Waals surface area contributed by atoms with Crippen LogP contribution in [-0.4, -0.2) is 53.8 Å². The molecular formula is C34H43N5O5. The van der Waals surface area contributed by atoms with Crippen LogP contribution in [0.4, 0.5) is 10.6 Å². The Labute approximate surface area is 259 Å². The van der Waals surface area contributed by atoms with Gasteiger partial charge >= 0.3 is 6.09 Å². The number of hydrogen-bond donors (Lipinski definition) is 1. The molecule has 1 N–H and O–H groups in total. The zero-order valence-corrected chi connectivity index (χ0v) is 26.0. The first-order valence-corrected chi connectivity index (χ1v) is 16.0. The molecule has 3 aliphatic carbocycles. The number of amides is 2. The normalized spacial score (nSPS) is 23.5. The number of aryl methyl sites for hydroxylation is 1. The SMILES string of the molecule is CNC(=O)OC1CCC(C(=O)N(CC2CCC(c3cnc(OC)c(C)c3)CC2)c2cc(-c3coc(C4CC4)n3)ccn2)CC1. The van der Waals surface area contributed by atoms with Crippen LogP contribution in [0.3, 0.4) is 0 Å². The maximum atomic E-state index is 14.2. The molecule has 10 nitrogen and oxygen atoms in total. The van der Waals surface area contributed by atoms with Crippen LogP contribution in [0.2, 0.25) is 0 Å². The number of oxazole rings is 1. The Kier molecular flexibility index (Phi) is 9.14. The summed E-state index contributed by atoms with van der Waals surface area (Å²) in [5, 5.41) is 2.52. The second-order valence-corrected chi connectivity index (χ2v) is 12.6. The van der Waals surface area contributed by atoms with E-state index in [2.05, 4.69) is 16.4 Å². The van der Waals surface area contributed by atoms with Gasteiger partial charge in [0.2, 0.25) is 11.8 Å². The van der Waals surface area contributed by atoms with Gasteiger partial charge in [0.15, 0.2) is 5.89 Å². The minimum atomic E-state index is -0.420. The van der Waals surface area contributed by atoms with Gasteiger partial charge in [-0.1, -0.05) is 0 Å². The quantitative estimate of drug-likeness (QED) is 0.293. The number of anilines is 1. The largest absolute Gasteiger partial charge is 0.481 e. The molecule has 2 amide bonds. The lowest BCUT2D eigenvalue weighted by atomic mass is 9.78. The van der Waals surface area contributed by atoms with Crippen LogP contribution in [-0.2, 0) is 9.53 Å².